The third-order valence-electron chi connectivity index (χ3n) is 4.62. The average Bonchev–Trinajstić information content (AvgIpc) is 2.97. The van der Waals surface area contributed by atoms with Crippen LogP contribution in [-0.4, -0.2) is 32.0 Å². The Hall–Kier alpha value is -1.98. The highest BCUT2D eigenvalue weighted by Gasteiger charge is 2.16. The number of nitrogens with zero attached hydrogens (tertiary/aromatic N) is 4. The average molecular weight is 315 g/mol. The number of hydrogen-bond donors (Lipinski definition) is 1. The molecule has 0 aliphatic heterocycles. The van der Waals surface area contributed by atoms with Crippen molar-refractivity contribution in [3.05, 3.63) is 23.3 Å². The fraction of sp³-hybridized carbons (Fsp3) is 0.647. The monoisotopic (exact) mass is 315 g/mol. The third-order valence-corrected chi connectivity index (χ3v) is 4.62. The molecule has 1 amide bonds. The Labute approximate surface area is 136 Å². The minimum Gasteiger partial charge on any atom is -0.349 e. The summed E-state index contributed by atoms with van der Waals surface area (Å²) in [5.41, 5.74) is 1.80. The van der Waals surface area contributed by atoms with Crippen molar-refractivity contribution in [3.63, 3.8) is 0 Å². The van der Waals surface area contributed by atoms with E-state index in [4.69, 9.17) is 0 Å². The van der Waals surface area contributed by atoms with E-state index in [0.717, 1.165) is 23.7 Å². The van der Waals surface area contributed by atoms with Gasteiger partial charge in [0.2, 0.25) is 5.82 Å². The first kappa shape index (κ1) is 15.9. The van der Waals surface area contributed by atoms with E-state index in [2.05, 4.69) is 20.4 Å². The van der Waals surface area contributed by atoms with E-state index in [-0.39, 0.29) is 11.7 Å². The lowest BCUT2D eigenvalue weighted by atomic mass is 9.86. The molecule has 2 aromatic rings. The van der Waals surface area contributed by atoms with Gasteiger partial charge in [0, 0.05) is 17.9 Å². The third kappa shape index (κ3) is 3.86. The van der Waals surface area contributed by atoms with Crippen LogP contribution in [0.3, 0.4) is 0 Å². The van der Waals surface area contributed by atoms with E-state index in [1.807, 2.05) is 19.9 Å². The van der Waals surface area contributed by atoms with Crippen LogP contribution in [0.1, 0.15) is 67.0 Å². The maximum absolute atomic E-state index is 12.2. The van der Waals surface area contributed by atoms with Crippen molar-refractivity contribution >= 4 is 11.7 Å². The van der Waals surface area contributed by atoms with E-state index in [9.17, 15) is 4.79 Å². The van der Waals surface area contributed by atoms with Crippen LogP contribution in [0.25, 0.3) is 5.78 Å². The van der Waals surface area contributed by atoms with Crippen LogP contribution in [0.5, 0.6) is 0 Å². The molecule has 2 aromatic heterocycles. The Balaban J connectivity index is 1.53. The van der Waals surface area contributed by atoms with Gasteiger partial charge >= 0.3 is 0 Å². The molecule has 1 saturated carbocycles. The predicted octanol–water partition coefficient (Wildman–Crippen LogP) is 2.83. The fourth-order valence-electron chi connectivity index (χ4n) is 3.41. The van der Waals surface area contributed by atoms with Gasteiger partial charge in [0.1, 0.15) is 0 Å². The zero-order chi connectivity index (χ0) is 16.2. The molecule has 0 saturated heterocycles. The van der Waals surface area contributed by atoms with Crippen molar-refractivity contribution in [3.8, 4) is 0 Å². The highest BCUT2D eigenvalue weighted by molar-refractivity contribution is 5.90. The Morgan fingerprint density at radius 2 is 2.04 bits per heavy atom. The molecule has 3 rings (SSSR count). The van der Waals surface area contributed by atoms with Crippen LogP contribution in [0.2, 0.25) is 0 Å². The van der Waals surface area contributed by atoms with Crippen LogP contribution in [0.4, 0.5) is 0 Å². The second-order valence-corrected chi connectivity index (χ2v) is 6.59. The summed E-state index contributed by atoms with van der Waals surface area (Å²) in [6.07, 6.45) is 9.07. The molecule has 0 aromatic carbocycles. The highest BCUT2D eigenvalue weighted by Crippen LogP contribution is 2.26. The van der Waals surface area contributed by atoms with Gasteiger partial charge in [0.15, 0.2) is 0 Å². The first-order valence-corrected chi connectivity index (χ1v) is 8.63. The molecule has 0 radical (unpaired) electrons. The molecule has 0 spiro atoms. The van der Waals surface area contributed by atoms with Crippen LogP contribution >= 0.6 is 0 Å². The van der Waals surface area contributed by atoms with Crippen molar-refractivity contribution < 1.29 is 4.79 Å². The minimum absolute atomic E-state index is 0.198. The smallest absolute Gasteiger partial charge is 0.291 e. The van der Waals surface area contributed by atoms with Crippen LogP contribution in [-0.2, 0) is 0 Å². The number of carbonyl (C=O) groups is 1. The Kier molecular flexibility index (Phi) is 4.88. The topological polar surface area (TPSA) is 72.2 Å². The zero-order valence-corrected chi connectivity index (χ0v) is 14.0. The maximum atomic E-state index is 12.2. The predicted molar refractivity (Wildman–Crippen MR) is 88.4 cm³/mol. The summed E-state index contributed by atoms with van der Waals surface area (Å²) >= 11 is 0. The number of aryl methyl sites for hydroxylation is 2. The molecule has 1 aliphatic rings. The molecular formula is C17H25N5O. The van der Waals surface area contributed by atoms with Gasteiger partial charge in [-0.15, -0.1) is 5.10 Å². The lowest BCUT2D eigenvalue weighted by Crippen LogP contribution is -2.26. The van der Waals surface area contributed by atoms with Crippen molar-refractivity contribution in [2.24, 2.45) is 5.92 Å². The van der Waals surface area contributed by atoms with Gasteiger partial charge in [0.25, 0.3) is 11.7 Å². The Morgan fingerprint density at radius 3 is 2.83 bits per heavy atom. The molecule has 0 unspecified atom stereocenters. The zero-order valence-electron chi connectivity index (χ0n) is 14.0. The van der Waals surface area contributed by atoms with Crippen LogP contribution in [0, 0.1) is 19.8 Å². The van der Waals surface area contributed by atoms with Gasteiger partial charge in [-0.1, -0.05) is 32.1 Å². The molecule has 1 N–H and O–H groups in total. The first-order chi connectivity index (χ1) is 11.1. The molecule has 6 heteroatoms. The first-order valence-electron chi connectivity index (χ1n) is 8.63. The SMILES string of the molecule is Cc1cc(C)n2nc(C(=O)NCCCC3CCCCC3)nc2n1. The van der Waals surface area contributed by atoms with Gasteiger partial charge in [0.05, 0.1) is 0 Å². The number of nitrogens with one attached hydrogen (secondary N) is 1. The van der Waals surface area contributed by atoms with E-state index in [1.54, 1.807) is 4.52 Å². The van der Waals surface area contributed by atoms with Crippen LogP contribution in [0.15, 0.2) is 6.07 Å². The summed E-state index contributed by atoms with van der Waals surface area (Å²) in [6, 6.07) is 1.92. The van der Waals surface area contributed by atoms with Crippen LogP contribution < -0.4 is 5.32 Å². The van der Waals surface area contributed by atoms with Crippen molar-refractivity contribution in [1.82, 2.24) is 24.9 Å². The summed E-state index contributed by atoms with van der Waals surface area (Å²) in [7, 11) is 0. The summed E-state index contributed by atoms with van der Waals surface area (Å²) in [4.78, 5) is 20.7. The van der Waals surface area contributed by atoms with Crippen molar-refractivity contribution in [2.75, 3.05) is 6.54 Å². The molecule has 23 heavy (non-hydrogen) atoms. The number of fused-ring (bicyclic) bond motifs is 1. The molecule has 1 aliphatic carbocycles. The fourth-order valence-corrected chi connectivity index (χ4v) is 3.41. The standard InChI is InChI=1S/C17H25N5O/c1-12-11-13(2)22-17(19-12)20-15(21-22)16(23)18-10-6-9-14-7-4-3-5-8-14/h11,14H,3-10H2,1-2H3,(H,18,23). The van der Waals surface area contributed by atoms with Crippen molar-refractivity contribution in [2.45, 2.75) is 58.8 Å². The molecular weight excluding hydrogens is 290 g/mol. The number of aromatic nitrogens is 4. The highest BCUT2D eigenvalue weighted by atomic mass is 16.2. The summed E-state index contributed by atoms with van der Waals surface area (Å²) in [5.74, 6) is 1.32. The lowest BCUT2D eigenvalue weighted by Gasteiger charge is -2.21. The maximum Gasteiger partial charge on any atom is 0.291 e. The van der Waals surface area contributed by atoms with E-state index < -0.39 is 0 Å². The largest absolute Gasteiger partial charge is 0.349 e. The molecule has 124 valence electrons. The quantitative estimate of drug-likeness (QED) is 0.861. The van der Waals surface area contributed by atoms with E-state index >= 15 is 0 Å². The molecule has 0 bridgehead atoms. The van der Waals surface area contributed by atoms with Gasteiger partial charge < -0.3 is 5.32 Å². The van der Waals surface area contributed by atoms with E-state index in [0.29, 0.717) is 12.3 Å². The normalized spacial score (nSPS) is 15.9. The Morgan fingerprint density at radius 1 is 1.26 bits per heavy atom. The number of amides is 1. The molecule has 6 nitrogen and oxygen atoms in total. The molecule has 1 fully saturated rings. The van der Waals surface area contributed by atoms with E-state index in [1.165, 1.54) is 38.5 Å². The summed E-state index contributed by atoms with van der Waals surface area (Å²) in [6.45, 7) is 4.53. The van der Waals surface area contributed by atoms with Crippen molar-refractivity contribution in [1.29, 1.82) is 0 Å². The number of rotatable bonds is 5. The molecule has 0 atom stereocenters. The molecule has 2 heterocycles. The lowest BCUT2D eigenvalue weighted by molar-refractivity contribution is 0.0942. The number of hydrogen-bond acceptors (Lipinski definition) is 4. The Bertz CT molecular complexity index is 688. The van der Waals surface area contributed by atoms with Gasteiger partial charge in [-0.2, -0.15) is 4.98 Å². The minimum atomic E-state index is -0.212. The van der Waals surface area contributed by atoms with Gasteiger partial charge in [-0.3, -0.25) is 4.79 Å². The summed E-state index contributed by atoms with van der Waals surface area (Å²) in [5, 5.41) is 7.18. The second kappa shape index (κ2) is 7.06. The van der Waals surface area contributed by atoms with Gasteiger partial charge in [-0.05, 0) is 38.7 Å². The summed E-state index contributed by atoms with van der Waals surface area (Å²) < 4.78 is 1.62. The number of carbonyl (C=O) groups excluding carboxylic acids is 1. The second-order valence-electron chi connectivity index (χ2n) is 6.59. The van der Waals surface area contributed by atoms with Gasteiger partial charge in [-0.25, -0.2) is 9.50 Å².